The fourth-order valence-electron chi connectivity index (χ4n) is 2.07. The van der Waals surface area contributed by atoms with E-state index in [0.717, 1.165) is 4.47 Å². The van der Waals surface area contributed by atoms with Crippen LogP contribution in [0.1, 0.15) is 15.9 Å². The van der Waals surface area contributed by atoms with Crippen LogP contribution in [0.2, 0.25) is 0 Å². The van der Waals surface area contributed by atoms with Crippen LogP contribution in [0.4, 0.5) is 23.4 Å². The van der Waals surface area contributed by atoms with Gasteiger partial charge < -0.3 is 9.84 Å². The number of fused-ring (bicyclic) bond motifs is 1. The highest BCUT2D eigenvalue weighted by Crippen LogP contribution is 2.31. The molecule has 0 saturated carbocycles. The summed E-state index contributed by atoms with van der Waals surface area (Å²) in [6.45, 7) is 0. The first-order valence-electron chi connectivity index (χ1n) is 6.48. The van der Waals surface area contributed by atoms with E-state index in [4.69, 9.17) is 4.52 Å². The van der Waals surface area contributed by atoms with Gasteiger partial charge in [0.2, 0.25) is 0 Å². The molecule has 3 rings (SSSR count). The van der Waals surface area contributed by atoms with Gasteiger partial charge in [0.05, 0.1) is 10.9 Å². The van der Waals surface area contributed by atoms with Gasteiger partial charge in [-0.1, -0.05) is 21.1 Å². The van der Waals surface area contributed by atoms with E-state index < -0.39 is 29.0 Å². The molecule has 0 aliphatic heterocycles. The monoisotopic (exact) mass is 402 g/mol. The SMILES string of the molecule is O=C(Nc1noc2cc(Br)ccc12)c1cc(F)cc(C(F)(F)F)c1. The molecule has 1 heterocycles. The average molecular weight is 403 g/mol. The molecule has 9 heteroatoms. The molecule has 0 bridgehead atoms. The maximum Gasteiger partial charge on any atom is 0.416 e. The van der Waals surface area contributed by atoms with Crippen LogP contribution >= 0.6 is 15.9 Å². The number of hydrogen-bond acceptors (Lipinski definition) is 3. The average Bonchev–Trinajstić information content (AvgIpc) is 2.87. The van der Waals surface area contributed by atoms with Crippen LogP contribution in [0.5, 0.6) is 0 Å². The molecule has 0 spiro atoms. The van der Waals surface area contributed by atoms with Gasteiger partial charge in [-0.2, -0.15) is 13.2 Å². The molecule has 0 unspecified atom stereocenters. The lowest BCUT2D eigenvalue weighted by molar-refractivity contribution is -0.137. The Morgan fingerprint density at radius 1 is 1.17 bits per heavy atom. The molecule has 0 aliphatic rings. The number of rotatable bonds is 2. The minimum Gasteiger partial charge on any atom is -0.354 e. The maximum atomic E-state index is 13.4. The minimum absolute atomic E-state index is 0.0281. The van der Waals surface area contributed by atoms with E-state index in [2.05, 4.69) is 26.4 Å². The van der Waals surface area contributed by atoms with Crippen molar-refractivity contribution in [3.05, 3.63) is 57.8 Å². The summed E-state index contributed by atoms with van der Waals surface area (Å²) in [5, 5.41) is 6.42. The summed E-state index contributed by atoms with van der Waals surface area (Å²) in [5.74, 6) is -2.07. The first-order valence-corrected chi connectivity index (χ1v) is 7.27. The lowest BCUT2D eigenvalue weighted by Crippen LogP contribution is -2.15. The summed E-state index contributed by atoms with van der Waals surface area (Å²) in [6, 6.07) is 6.50. The molecule has 24 heavy (non-hydrogen) atoms. The Morgan fingerprint density at radius 2 is 1.92 bits per heavy atom. The molecule has 0 radical (unpaired) electrons. The molecule has 1 aromatic heterocycles. The van der Waals surface area contributed by atoms with Crippen molar-refractivity contribution in [3.63, 3.8) is 0 Å². The van der Waals surface area contributed by atoms with Gasteiger partial charge in [-0.25, -0.2) is 4.39 Å². The molecule has 0 aliphatic carbocycles. The third-order valence-electron chi connectivity index (χ3n) is 3.15. The van der Waals surface area contributed by atoms with Gasteiger partial charge in [-0.3, -0.25) is 4.79 Å². The lowest BCUT2D eigenvalue weighted by Gasteiger charge is -2.09. The van der Waals surface area contributed by atoms with Crippen molar-refractivity contribution in [2.24, 2.45) is 0 Å². The highest BCUT2D eigenvalue weighted by atomic mass is 79.9. The number of carbonyl (C=O) groups is 1. The van der Waals surface area contributed by atoms with Crippen molar-refractivity contribution in [3.8, 4) is 0 Å². The first kappa shape index (κ1) is 16.4. The van der Waals surface area contributed by atoms with Crippen LogP contribution in [0, 0.1) is 5.82 Å². The summed E-state index contributed by atoms with van der Waals surface area (Å²) < 4.78 is 57.2. The Hall–Kier alpha value is -2.42. The van der Waals surface area contributed by atoms with Crippen molar-refractivity contribution in [2.75, 3.05) is 5.32 Å². The van der Waals surface area contributed by atoms with Crippen LogP contribution in [0.3, 0.4) is 0 Å². The third-order valence-corrected chi connectivity index (χ3v) is 3.65. The van der Waals surface area contributed by atoms with E-state index in [1.165, 1.54) is 0 Å². The van der Waals surface area contributed by atoms with Gasteiger partial charge in [0.1, 0.15) is 5.82 Å². The Bertz CT molecular complexity index is 937. The second kappa shape index (κ2) is 5.90. The predicted molar refractivity (Wildman–Crippen MR) is 81.1 cm³/mol. The van der Waals surface area contributed by atoms with E-state index >= 15 is 0 Å². The second-order valence-corrected chi connectivity index (χ2v) is 5.77. The summed E-state index contributed by atoms with van der Waals surface area (Å²) in [4.78, 5) is 12.1. The summed E-state index contributed by atoms with van der Waals surface area (Å²) in [6.07, 6.45) is -4.76. The zero-order chi connectivity index (χ0) is 17.5. The fourth-order valence-corrected chi connectivity index (χ4v) is 2.41. The van der Waals surface area contributed by atoms with E-state index in [0.29, 0.717) is 29.2 Å². The molecule has 1 amide bonds. The number of benzene rings is 2. The van der Waals surface area contributed by atoms with Gasteiger partial charge in [0.25, 0.3) is 5.91 Å². The van der Waals surface area contributed by atoms with E-state index in [1.807, 2.05) is 0 Å². The number of nitrogens with zero attached hydrogens (tertiary/aromatic N) is 1. The van der Waals surface area contributed by atoms with Gasteiger partial charge in [0, 0.05) is 10.0 Å². The first-order chi connectivity index (χ1) is 11.2. The number of hydrogen-bond donors (Lipinski definition) is 1. The number of alkyl halides is 3. The number of nitrogens with one attached hydrogen (secondary N) is 1. The van der Waals surface area contributed by atoms with Crippen LogP contribution in [0.25, 0.3) is 11.0 Å². The number of carbonyl (C=O) groups excluding carboxylic acids is 1. The summed E-state index contributed by atoms with van der Waals surface area (Å²) in [7, 11) is 0. The number of amides is 1. The third kappa shape index (κ3) is 3.25. The molecular formula is C15H7BrF4N2O2. The van der Waals surface area contributed by atoms with E-state index in [9.17, 15) is 22.4 Å². The summed E-state index contributed by atoms with van der Waals surface area (Å²) in [5.41, 5.74) is -1.35. The fraction of sp³-hybridized carbons (Fsp3) is 0.0667. The number of halogens is 5. The molecule has 0 fully saturated rings. The number of anilines is 1. The molecule has 2 aromatic carbocycles. The van der Waals surface area contributed by atoms with Gasteiger partial charge in [-0.15, -0.1) is 0 Å². The van der Waals surface area contributed by atoms with Crippen molar-refractivity contribution >= 4 is 38.6 Å². The Labute approximate surface area is 140 Å². The highest BCUT2D eigenvalue weighted by Gasteiger charge is 2.32. The smallest absolute Gasteiger partial charge is 0.354 e. The largest absolute Gasteiger partial charge is 0.416 e. The molecule has 124 valence electrons. The Kier molecular flexibility index (Phi) is 4.04. The minimum atomic E-state index is -4.76. The molecule has 3 aromatic rings. The Morgan fingerprint density at radius 3 is 2.62 bits per heavy atom. The summed E-state index contributed by atoms with van der Waals surface area (Å²) >= 11 is 3.24. The van der Waals surface area contributed by atoms with Crippen LogP contribution in [0.15, 0.2) is 45.4 Å². The predicted octanol–water partition coefficient (Wildman–Crippen LogP) is 5.00. The second-order valence-electron chi connectivity index (χ2n) is 4.85. The maximum absolute atomic E-state index is 13.4. The Balaban J connectivity index is 1.93. The van der Waals surface area contributed by atoms with Crippen molar-refractivity contribution < 1.29 is 26.9 Å². The van der Waals surface area contributed by atoms with Crippen LogP contribution in [-0.4, -0.2) is 11.1 Å². The topological polar surface area (TPSA) is 55.1 Å². The van der Waals surface area contributed by atoms with Crippen molar-refractivity contribution in [1.29, 1.82) is 0 Å². The number of aromatic nitrogens is 1. The van der Waals surface area contributed by atoms with Gasteiger partial charge in [0.15, 0.2) is 11.4 Å². The molecular weight excluding hydrogens is 396 g/mol. The zero-order valence-electron chi connectivity index (χ0n) is 11.6. The molecule has 0 atom stereocenters. The van der Waals surface area contributed by atoms with Crippen molar-refractivity contribution in [1.82, 2.24) is 5.16 Å². The normalized spacial score (nSPS) is 11.7. The van der Waals surface area contributed by atoms with Gasteiger partial charge in [-0.05, 0) is 36.4 Å². The zero-order valence-corrected chi connectivity index (χ0v) is 13.2. The standard InChI is InChI=1S/C15H7BrF4N2O2/c16-9-1-2-11-12(6-9)24-22-13(11)21-14(23)7-3-8(15(18,19)20)5-10(17)4-7/h1-6H,(H,21,22,23). The highest BCUT2D eigenvalue weighted by molar-refractivity contribution is 9.10. The quantitative estimate of drug-likeness (QED) is 0.613. The van der Waals surface area contributed by atoms with Gasteiger partial charge >= 0.3 is 6.18 Å². The van der Waals surface area contributed by atoms with E-state index in [-0.39, 0.29) is 5.82 Å². The lowest BCUT2D eigenvalue weighted by atomic mass is 10.1. The van der Waals surface area contributed by atoms with Crippen LogP contribution in [-0.2, 0) is 6.18 Å². The van der Waals surface area contributed by atoms with E-state index in [1.54, 1.807) is 18.2 Å². The molecule has 0 saturated heterocycles. The molecule has 1 N–H and O–H groups in total. The molecule has 4 nitrogen and oxygen atoms in total. The van der Waals surface area contributed by atoms with Crippen molar-refractivity contribution in [2.45, 2.75) is 6.18 Å². The van der Waals surface area contributed by atoms with Crippen LogP contribution < -0.4 is 5.32 Å².